The van der Waals surface area contributed by atoms with E-state index < -0.39 is 12.4 Å². The maximum atomic E-state index is 12.4. The number of nitrogens with one attached hydrogen (secondary N) is 2. The second-order valence-electron chi connectivity index (χ2n) is 5.28. The minimum absolute atomic E-state index is 0.0675. The molecule has 0 amide bonds. The lowest BCUT2D eigenvalue weighted by molar-refractivity contribution is -0.108. The first-order valence-electron chi connectivity index (χ1n) is 8.13. The summed E-state index contributed by atoms with van der Waals surface area (Å²) in [4.78, 5) is 16.5. The Morgan fingerprint density at radius 3 is 2.46 bits per heavy atom. The number of ether oxygens (including phenoxy) is 1. The monoisotopic (exact) mass is 384 g/mol. The van der Waals surface area contributed by atoms with Crippen LogP contribution in [-0.4, -0.2) is 23.8 Å². The third kappa shape index (κ3) is 6.17. The Kier molecular flexibility index (Phi) is 7.59. The number of para-hydroxylation sites is 3. The molecular weight excluding hydrogens is 366 g/mol. The molecule has 0 aliphatic rings. The van der Waals surface area contributed by atoms with Crippen molar-refractivity contribution in [2.24, 2.45) is 10.7 Å². The molecule has 0 fully saturated rings. The molecule has 0 aliphatic heterocycles. The topological polar surface area (TPSA) is 101 Å². The summed E-state index contributed by atoms with van der Waals surface area (Å²) in [5, 5.41) is 10.7. The third-order valence-corrected chi connectivity index (χ3v) is 3.34. The Morgan fingerprint density at radius 1 is 1.11 bits per heavy atom. The van der Waals surface area contributed by atoms with Crippen LogP contribution in [0.4, 0.5) is 20.2 Å². The molecule has 6 nitrogen and oxygen atoms in total. The molecule has 0 aliphatic carbocycles. The number of hydrogen-bond acceptors (Lipinski definition) is 6. The highest BCUT2D eigenvalue weighted by molar-refractivity contribution is 6.70. The SMILES string of the molecule is N=C(C(=O)/C=C\Nc1ccccc1OC(F)F)C(C=CN)=Nc1ccccc1. The molecule has 0 atom stereocenters. The molecule has 0 saturated carbocycles. The number of allylic oxidation sites excluding steroid dienone is 2. The summed E-state index contributed by atoms with van der Waals surface area (Å²) in [7, 11) is 0. The minimum atomic E-state index is -2.97. The number of anilines is 1. The van der Waals surface area contributed by atoms with Gasteiger partial charge < -0.3 is 15.8 Å². The summed E-state index contributed by atoms with van der Waals surface area (Å²) in [5.41, 5.74) is 5.90. The van der Waals surface area contributed by atoms with Crippen molar-refractivity contribution in [2.75, 3.05) is 5.32 Å². The number of aliphatic imine (C=N–C) groups is 1. The Balaban J connectivity index is 2.11. The van der Waals surface area contributed by atoms with E-state index in [1.165, 1.54) is 30.6 Å². The molecule has 28 heavy (non-hydrogen) atoms. The second-order valence-corrected chi connectivity index (χ2v) is 5.28. The van der Waals surface area contributed by atoms with Crippen molar-refractivity contribution < 1.29 is 18.3 Å². The van der Waals surface area contributed by atoms with Crippen LogP contribution in [0.1, 0.15) is 0 Å². The quantitative estimate of drug-likeness (QED) is 0.448. The molecule has 8 heteroatoms. The number of nitrogens with zero attached hydrogens (tertiary/aromatic N) is 1. The first kappa shape index (κ1) is 20.5. The van der Waals surface area contributed by atoms with Crippen molar-refractivity contribution in [1.29, 1.82) is 5.41 Å². The zero-order valence-electron chi connectivity index (χ0n) is 14.7. The van der Waals surface area contributed by atoms with Crippen molar-refractivity contribution in [1.82, 2.24) is 0 Å². The van der Waals surface area contributed by atoms with Gasteiger partial charge in [0.1, 0.15) is 11.5 Å². The predicted octanol–water partition coefficient (Wildman–Crippen LogP) is 4.05. The average molecular weight is 384 g/mol. The van der Waals surface area contributed by atoms with Crippen molar-refractivity contribution in [2.45, 2.75) is 6.61 Å². The van der Waals surface area contributed by atoms with Crippen LogP contribution in [0.3, 0.4) is 0 Å². The van der Waals surface area contributed by atoms with E-state index in [1.807, 2.05) is 6.07 Å². The van der Waals surface area contributed by atoms with Gasteiger partial charge in [0.15, 0.2) is 0 Å². The molecule has 2 aromatic carbocycles. The first-order valence-corrected chi connectivity index (χ1v) is 8.13. The van der Waals surface area contributed by atoms with Gasteiger partial charge in [-0.15, -0.1) is 0 Å². The molecule has 0 heterocycles. The molecule has 0 spiro atoms. The van der Waals surface area contributed by atoms with Crippen molar-refractivity contribution >= 4 is 28.6 Å². The van der Waals surface area contributed by atoms with Gasteiger partial charge in [-0.1, -0.05) is 30.3 Å². The number of alkyl halides is 2. The summed E-state index contributed by atoms with van der Waals surface area (Å²) in [5.74, 6) is -0.713. The largest absolute Gasteiger partial charge is 0.433 e. The molecule has 0 bridgehead atoms. The third-order valence-electron chi connectivity index (χ3n) is 3.34. The highest BCUT2D eigenvalue weighted by Gasteiger charge is 2.12. The number of carbonyl (C=O) groups excluding carboxylic acids is 1. The smallest absolute Gasteiger partial charge is 0.387 e. The van der Waals surface area contributed by atoms with E-state index in [0.29, 0.717) is 5.69 Å². The number of benzene rings is 2. The van der Waals surface area contributed by atoms with Gasteiger partial charge in [0.05, 0.1) is 17.1 Å². The molecule has 144 valence electrons. The van der Waals surface area contributed by atoms with Gasteiger partial charge in [-0.3, -0.25) is 10.2 Å². The van der Waals surface area contributed by atoms with E-state index in [4.69, 9.17) is 11.1 Å². The lowest BCUT2D eigenvalue weighted by atomic mass is 10.1. The zero-order chi connectivity index (χ0) is 20.4. The number of nitrogens with two attached hydrogens (primary N) is 1. The van der Waals surface area contributed by atoms with Crippen LogP contribution >= 0.6 is 0 Å². The van der Waals surface area contributed by atoms with Crippen LogP contribution in [0.2, 0.25) is 0 Å². The maximum absolute atomic E-state index is 12.4. The Bertz CT molecular complexity index is 909. The van der Waals surface area contributed by atoms with Gasteiger partial charge >= 0.3 is 6.61 Å². The standard InChI is InChI=1S/C20H18F2N4O2/c21-20(22)28-18-9-5-4-8-15(18)25-13-11-17(27)19(24)16(10-12-23)26-14-6-2-1-3-7-14/h1-13,20,24-25H,23H2/b12-10?,13-11-,24-19?,26-16?. The van der Waals surface area contributed by atoms with Crippen LogP contribution in [0.25, 0.3) is 0 Å². The van der Waals surface area contributed by atoms with Crippen molar-refractivity contribution in [3.63, 3.8) is 0 Å². The lowest BCUT2D eigenvalue weighted by Gasteiger charge is -2.09. The van der Waals surface area contributed by atoms with Crippen LogP contribution in [0.5, 0.6) is 5.75 Å². The normalized spacial score (nSPS) is 11.9. The summed E-state index contributed by atoms with van der Waals surface area (Å²) < 4.78 is 29.2. The van der Waals surface area contributed by atoms with E-state index in [-0.39, 0.29) is 22.9 Å². The Morgan fingerprint density at radius 2 is 1.79 bits per heavy atom. The Labute approximate surface area is 160 Å². The maximum Gasteiger partial charge on any atom is 0.387 e. The molecule has 4 N–H and O–H groups in total. The Hall–Kier alpha value is -3.81. The van der Waals surface area contributed by atoms with E-state index in [0.717, 1.165) is 6.08 Å². The van der Waals surface area contributed by atoms with Crippen LogP contribution in [0.15, 0.2) is 84.1 Å². The van der Waals surface area contributed by atoms with Gasteiger partial charge in [0, 0.05) is 12.3 Å². The van der Waals surface area contributed by atoms with E-state index in [9.17, 15) is 13.6 Å². The van der Waals surface area contributed by atoms with Crippen molar-refractivity contribution in [3.8, 4) is 5.75 Å². The zero-order valence-corrected chi connectivity index (χ0v) is 14.7. The molecule has 0 radical (unpaired) electrons. The van der Waals surface area contributed by atoms with Crippen LogP contribution in [-0.2, 0) is 4.79 Å². The number of carbonyl (C=O) groups is 1. The van der Waals surface area contributed by atoms with Gasteiger partial charge in [-0.25, -0.2) is 4.99 Å². The number of ketones is 1. The summed E-state index contributed by atoms with van der Waals surface area (Å²) in [6.07, 6.45) is 4.85. The highest BCUT2D eigenvalue weighted by Crippen LogP contribution is 2.25. The summed E-state index contributed by atoms with van der Waals surface area (Å²) in [6, 6.07) is 14.8. The fraction of sp³-hybridized carbons (Fsp3) is 0.0500. The fourth-order valence-corrected chi connectivity index (χ4v) is 2.11. The first-order chi connectivity index (χ1) is 13.5. The van der Waals surface area contributed by atoms with Gasteiger partial charge in [-0.05, 0) is 36.5 Å². The predicted molar refractivity (Wildman–Crippen MR) is 105 cm³/mol. The summed E-state index contributed by atoms with van der Waals surface area (Å²) >= 11 is 0. The van der Waals surface area contributed by atoms with Gasteiger partial charge in [-0.2, -0.15) is 8.78 Å². The fourth-order valence-electron chi connectivity index (χ4n) is 2.11. The number of hydrogen-bond donors (Lipinski definition) is 3. The average Bonchev–Trinajstić information content (AvgIpc) is 2.68. The number of rotatable bonds is 9. The van der Waals surface area contributed by atoms with E-state index >= 15 is 0 Å². The molecule has 2 rings (SSSR count). The minimum Gasteiger partial charge on any atom is -0.433 e. The van der Waals surface area contributed by atoms with Gasteiger partial charge in [0.25, 0.3) is 0 Å². The van der Waals surface area contributed by atoms with Crippen LogP contribution in [0, 0.1) is 5.41 Å². The lowest BCUT2D eigenvalue weighted by Crippen LogP contribution is -2.20. The van der Waals surface area contributed by atoms with Crippen LogP contribution < -0.4 is 15.8 Å². The molecule has 0 unspecified atom stereocenters. The van der Waals surface area contributed by atoms with Gasteiger partial charge in [0.2, 0.25) is 5.78 Å². The second kappa shape index (κ2) is 10.4. The van der Waals surface area contributed by atoms with Crippen molar-refractivity contribution in [3.05, 3.63) is 79.1 Å². The highest BCUT2D eigenvalue weighted by atomic mass is 19.3. The molecule has 2 aromatic rings. The van der Waals surface area contributed by atoms with E-state index in [1.54, 1.807) is 36.4 Å². The molecule has 0 saturated heterocycles. The number of halogens is 2. The molecular formula is C20H18F2N4O2. The molecule has 0 aromatic heterocycles. The summed E-state index contributed by atoms with van der Waals surface area (Å²) in [6.45, 7) is -2.97. The van der Waals surface area contributed by atoms with E-state index in [2.05, 4.69) is 15.0 Å².